The number of hydrogen-bond acceptors (Lipinski definition) is 2. The van der Waals surface area contributed by atoms with Crippen molar-refractivity contribution in [3.05, 3.63) is 0 Å². The Morgan fingerprint density at radius 1 is 1.10 bits per heavy atom. The van der Waals surface area contributed by atoms with Crippen LogP contribution in [0.5, 0.6) is 0 Å². The molecule has 118 valence electrons. The molecule has 3 atom stereocenters. The minimum atomic E-state index is 0.747. The summed E-state index contributed by atoms with van der Waals surface area (Å²) >= 11 is 0. The topological polar surface area (TPSA) is 15.3 Å². The van der Waals surface area contributed by atoms with Crippen molar-refractivity contribution in [3.8, 4) is 0 Å². The summed E-state index contributed by atoms with van der Waals surface area (Å²) in [5.74, 6) is 1.76. The Morgan fingerprint density at radius 2 is 1.85 bits per heavy atom. The maximum atomic E-state index is 3.86. The Bertz CT molecular complexity index is 273. The van der Waals surface area contributed by atoms with E-state index < -0.39 is 0 Å². The molecular formula is C18H36N2. The molecule has 2 rings (SSSR count). The molecule has 2 aliphatic rings. The first kappa shape index (κ1) is 16.3. The van der Waals surface area contributed by atoms with E-state index in [1.54, 1.807) is 0 Å². The molecule has 2 nitrogen and oxygen atoms in total. The molecule has 0 aromatic rings. The van der Waals surface area contributed by atoms with E-state index in [2.05, 4.69) is 37.9 Å². The van der Waals surface area contributed by atoms with Gasteiger partial charge in [0.05, 0.1) is 0 Å². The van der Waals surface area contributed by atoms with Crippen molar-refractivity contribution >= 4 is 0 Å². The summed E-state index contributed by atoms with van der Waals surface area (Å²) in [7, 11) is 0. The van der Waals surface area contributed by atoms with E-state index in [-0.39, 0.29) is 0 Å². The van der Waals surface area contributed by atoms with Gasteiger partial charge in [-0.3, -0.25) is 4.90 Å². The highest BCUT2D eigenvalue weighted by Gasteiger charge is 2.40. The van der Waals surface area contributed by atoms with Crippen molar-refractivity contribution in [2.24, 2.45) is 11.8 Å². The van der Waals surface area contributed by atoms with Gasteiger partial charge in [0.1, 0.15) is 0 Å². The van der Waals surface area contributed by atoms with E-state index in [1.807, 2.05) is 0 Å². The predicted octanol–water partition coefficient (Wildman–Crippen LogP) is 4.05. The van der Waals surface area contributed by atoms with Gasteiger partial charge in [-0.05, 0) is 56.9 Å². The maximum Gasteiger partial charge on any atom is 0.0255 e. The average molecular weight is 281 g/mol. The number of nitrogens with one attached hydrogen (secondary N) is 1. The molecule has 0 bridgehead atoms. The molecule has 0 radical (unpaired) electrons. The second kappa shape index (κ2) is 7.79. The van der Waals surface area contributed by atoms with Gasteiger partial charge < -0.3 is 5.32 Å². The van der Waals surface area contributed by atoms with Gasteiger partial charge in [-0.2, -0.15) is 0 Å². The first-order chi connectivity index (χ1) is 9.65. The molecule has 0 saturated heterocycles. The molecule has 2 fully saturated rings. The minimum Gasteiger partial charge on any atom is -0.312 e. The van der Waals surface area contributed by atoms with Crippen LogP contribution in [0.4, 0.5) is 0 Å². The fraction of sp³-hybridized carbons (Fsp3) is 1.00. The predicted molar refractivity (Wildman–Crippen MR) is 88.1 cm³/mol. The molecule has 0 heterocycles. The summed E-state index contributed by atoms with van der Waals surface area (Å²) in [5, 5.41) is 3.86. The van der Waals surface area contributed by atoms with Crippen LogP contribution in [0.3, 0.4) is 0 Å². The van der Waals surface area contributed by atoms with Gasteiger partial charge in [-0.15, -0.1) is 0 Å². The zero-order chi connectivity index (χ0) is 14.5. The van der Waals surface area contributed by atoms with Gasteiger partial charge in [0.15, 0.2) is 0 Å². The van der Waals surface area contributed by atoms with Crippen LogP contribution in [0, 0.1) is 11.8 Å². The maximum absolute atomic E-state index is 3.86. The Balaban J connectivity index is 2.02. The van der Waals surface area contributed by atoms with E-state index >= 15 is 0 Å². The normalized spacial score (nSPS) is 31.2. The SMILES string of the molecule is CCCNC1CCC(CC)CC1N(CC(C)C)C1CC1. The molecule has 3 unspecified atom stereocenters. The first-order valence-corrected chi connectivity index (χ1v) is 9.14. The number of nitrogens with zero attached hydrogens (tertiary/aromatic N) is 1. The van der Waals surface area contributed by atoms with E-state index in [0.717, 1.165) is 30.0 Å². The molecule has 0 spiro atoms. The van der Waals surface area contributed by atoms with Crippen molar-refractivity contribution in [3.63, 3.8) is 0 Å². The summed E-state index contributed by atoms with van der Waals surface area (Å²) in [4.78, 5) is 2.89. The van der Waals surface area contributed by atoms with E-state index in [1.165, 1.54) is 58.0 Å². The number of hydrogen-bond donors (Lipinski definition) is 1. The highest BCUT2D eigenvalue weighted by molar-refractivity contribution is 4.97. The molecule has 2 heteroatoms. The van der Waals surface area contributed by atoms with Gasteiger partial charge in [0.25, 0.3) is 0 Å². The molecule has 0 amide bonds. The first-order valence-electron chi connectivity index (χ1n) is 9.14. The second-order valence-electron chi connectivity index (χ2n) is 7.54. The Labute approximate surface area is 126 Å². The van der Waals surface area contributed by atoms with Gasteiger partial charge >= 0.3 is 0 Å². The minimum absolute atomic E-state index is 0.747. The third-order valence-corrected chi connectivity index (χ3v) is 5.18. The van der Waals surface area contributed by atoms with Crippen molar-refractivity contribution in [2.45, 2.75) is 90.8 Å². The van der Waals surface area contributed by atoms with Gasteiger partial charge in [0, 0.05) is 24.7 Å². The average Bonchev–Trinajstić information content (AvgIpc) is 3.26. The summed E-state index contributed by atoms with van der Waals surface area (Å²) in [6, 6.07) is 2.45. The lowest BCUT2D eigenvalue weighted by molar-refractivity contribution is 0.0783. The van der Waals surface area contributed by atoms with Crippen LogP contribution < -0.4 is 5.32 Å². The lowest BCUT2D eigenvalue weighted by Crippen LogP contribution is -2.55. The fourth-order valence-electron chi connectivity index (χ4n) is 3.92. The lowest BCUT2D eigenvalue weighted by Gasteiger charge is -2.44. The van der Waals surface area contributed by atoms with Crippen molar-refractivity contribution < 1.29 is 0 Å². The zero-order valence-corrected chi connectivity index (χ0v) is 14.2. The van der Waals surface area contributed by atoms with Crippen LogP contribution >= 0.6 is 0 Å². The van der Waals surface area contributed by atoms with Crippen LogP contribution in [0.1, 0.15) is 72.6 Å². The van der Waals surface area contributed by atoms with Gasteiger partial charge in [0.2, 0.25) is 0 Å². The van der Waals surface area contributed by atoms with Gasteiger partial charge in [-0.25, -0.2) is 0 Å². The Hall–Kier alpha value is -0.0800. The van der Waals surface area contributed by atoms with Crippen LogP contribution in [0.25, 0.3) is 0 Å². The largest absolute Gasteiger partial charge is 0.312 e. The second-order valence-corrected chi connectivity index (χ2v) is 7.54. The van der Waals surface area contributed by atoms with E-state index in [4.69, 9.17) is 0 Å². The van der Waals surface area contributed by atoms with Gasteiger partial charge in [-0.1, -0.05) is 34.1 Å². The monoisotopic (exact) mass is 280 g/mol. The molecule has 1 N–H and O–H groups in total. The molecule has 20 heavy (non-hydrogen) atoms. The molecule has 0 aromatic carbocycles. The summed E-state index contributed by atoms with van der Waals surface area (Å²) in [5.41, 5.74) is 0. The van der Waals surface area contributed by atoms with Crippen molar-refractivity contribution in [2.75, 3.05) is 13.1 Å². The third kappa shape index (κ3) is 4.46. The summed E-state index contributed by atoms with van der Waals surface area (Å²) < 4.78 is 0. The standard InChI is InChI=1S/C18H36N2/c1-5-11-19-17-10-7-15(6-2)12-18(17)20(13-14(3)4)16-8-9-16/h14-19H,5-13H2,1-4H3. The summed E-state index contributed by atoms with van der Waals surface area (Å²) in [6.45, 7) is 11.9. The molecule has 2 aliphatic carbocycles. The lowest BCUT2D eigenvalue weighted by atomic mass is 9.80. The molecular weight excluding hydrogens is 244 g/mol. The number of rotatable bonds is 8. The Morgan fingerprint density at radius 3 is 2.40 bits per heavy atom. The van der Waals surface area contributed by atoms with Crippen LogP contribution in [0.15, 0.2) is 0 Å². The van der Waals surface area contributed by atoms with Crippen LogP contribution in [0.2, 0.25) is 0 Å². The van der Waals surface area contributed by atoms with Crippen molar-refractivity contribution in [1.82, 2.24) is 10.2 Å². The van der Waals surface area contributed by atoms with E-state index in [0.29, 0.717) is 0 Å². The fourth-order valence-corrected chi connectivity index (χ4v) is 3.92. The van der Waals surface area contributed by atoms with Crippen molar-refractivity contribution in [1.29, 1.82) is 0 Å². The molecule has 0 aliphatic heterocycles. The Kier molecular flexibility index (Phi) is 6.35. The third-order valence-electron chi connectivity index (χ3n) is 5.18. The highest BCUT2D eigenvalue weighted by Crippen LogP contribution is 2.37. The van der Waals surface area contributed by atoms with Crippen LogP contribution in [-0.4, -0.2) is 36.1 Å². The summed E-state index contributed by atoms with van der Waals surface area (Å²) in [6.07, 6.45) is 9.78. The quantitative estimate of drug-likeness (QED) is 0.721. The van der Waals surface area contributed by atoms with Crippen LogP contribution in [-0.2, 0) is 0 Å². The van der Waals surface area contributed by atoms with E-state index in [9.17, 15) is 0 Å². The molecule has 2 saturated carbocycles. The zero-order valence-electron chi connectivity index (χ0n) is 14.2. The highest BCUT2D eigenvalue weighted by atomic mass is 15.2. The molecule has 0 aromatic heterocycles. The smallest absolute Gasteiger partial charge is 0.0255 e.